The monoisotopic (exact) mass is 575 g/mol. The first kappa shape index (κ1) is 29.1. The molecule has 2 aliphatic rings. The van der Waals surface area contributed by atoms with Crippen LogP contribution < -0.4 is 10.2 Å². The van der Waals surface area contributed by atoms with Crippen molar-refractivity contribution >= 4 is 21.4 Å². The van der Waals surface area contributed by atoms with Crippen LogP contribution in [0.3, 0.4) is 0 Å². The number of carbonyl (C=O) groups excluding carboxylic acids is 1. The highest BCUT2D eigenvalue weighted by Gasteiger charge is 2.38. The Morgan fingerprint density at radius 1 is 1.07 bits per heavy atom. The van der Waals surface area contributed by atoms with Crippen LogP contribution >= 0.6 is 0 Å². The molecule has 1 saturated heterocycles. The number of sulfone groups is 1. The van der Waals surface area contributed by atoms with Crippen molar-refractivity contribution in [2.24, 2.45) is 5.92 Å². The lowest BCUT2D eigenvalue weighted by Gasteiger charge is -2.28. The van der Waals surface area contributed by atoms with E-state index in [0.717, 1.165) is 22.5 Å². The summed E-state index contributed by atoms with van der Waals surface area (Å²) in [5, 5.41) is 14.8. The summed E-state index contributed by atoms with van der Waals surface area (Å²) < 4.78 is 63.6. The van der Waals surface area contributed by atoms with E-state index in [1.165, 1.54) is 12.1 Å². The average Bonchev–Trinajstić information content (AvgIpc) is 3.42. The molecule has 40 heavy (non-hydrogen) atoms. The molecule has 0 bridgehead atoms. The molecule has 2 heterocycles. The summed E-state index contributed by atoms with van der Waals surface area (Å²) in [6.07, 6.45) is 4.02. The number of benzene rings is 2. The predicted molar refractivity (Wildman–Crippen MR) is 147 cm³/mol. The largest absolute Gasteiger partial charge is 0.369 e. The van der Waals surface area contributed by atoms with E-state index in [1.807, 2.05) is 30.5 Å². The zero-order valence-corrected chi connectivity index (χ0v) is 22.6. The summed E-state index contributed by atoms with van der Waals surface area (Å²) in [6.45, 7) is 0.954. The lowest BCUT2D eigenvalue weighted by molar-refractivity contribution is -0.131. The fourth-order valence-corrected chi connectivity index (χ4v) is 5.91. The number of nitriles is 1. The highest BCUT2D eigenvalue weighted by atomic mass is 32.2. The van der Waals surface area contributed by atoms with Crippen molar-refractivity contribution in [2.45, 2.75) is 31.6 Å². The van der Waals surface area contributed by atoms with Crippen LogP contribution in [-0.4, -0.2) is 61.2 Å². The Labute approximate surface area is 232 Å². The van der Waals surface area contributed by atoms with Crippen LogP contribution in [0.4, 0.5) is 18.9 Å². The summed E-state index contributed by atoms with van der Waals surface area (Å²) in [6, 6.07) is 15.9. The first-order chi connectivity index (χ1) is 19.0. The van der Waals surface area contributed by atoms with E-state index in [0.29, 0.717) is 25.9 Å². The third kappa shape index (κ3) is 7.85. The van der Waals surface area contributed by atoms with Gasteiger partial charge in [0.25, 0.3) is 0 Å². The first-order valence-electron chi connectivity index (χ1n) is 12.9. The second-order valence-corrected chi connectivity index (χ2v) is 12.2. The Kier molecular flexibility index (Phi) is 9.14. The minimum absolute atomic E-state index is 0. The van der Waals surface area contributed by atoms with Gasteiger partial charge in [-0.3, -0.25) is 4.79 Å². The molecule has 3 aromatic rings. The van der Waals surface area contributed by atoms with E-state index in [9.17, 15) is 26.4 Å². The molecule has 12 heteroatoms. The standard InChI is InChI=1S/C19H18FN3O2S.C9H12F2N2O.H2/c20-17-3-7-19(8-4-17)23-14-16(13-21-23)15-1-5-18(6-2-15)22-9-11-26(24,25)12-10-22;10-9(11)3-1-2-7(6-9)8(14)13-5-4-12;/h1-8,13-14H,9-12H2;7H,1-3,5-6H2,(H,13,14);1H/t;7-;/m.0./s1. The van der Waals surface area contributed by atoms with Gasteiger partial charge in [0.05, 0.1) is 29.5 Å². The minimum atomic E-state index is -2.88. The number of aromatic nitrogens is 2. The van der Waals surface area contributed by atoms with E-state index in [4.69, 9.17) is 5.26 Å². The molecule has 1 aliphatic carbocycles. The van der Waals surface area contributed by atoms with Crippen LogP contribution in [-0.2, 0) is 14.6 Å². The SMILES string of the molecule is N#CCNC(=O)[C@H]1CCCC(F)(F)C1.O=S1(=O)CCN(c2ccc(-c3cnn(-c4ccc(F)cc4)c3)cc2)CC1.[HH]. The topological polar surface area (TPSA) is 108 Å². The van der Waals surface area contributed by atoms with Crippen molar-refractivity contribution in [3.63, 3.8) is 0 Å². The zero-order chi connectivity index (χ0) is 28.8. The molecule has 2 aromatic carbocycles. The quantitative estimate of drug-likeness (QED) is 0.445. The molecule has 1 aromatic heterocycles. The molecular weight excluding hydrogens is 543 g/mol. The van der Waals surface area contributed by atoms with Gasteiger partial charge in [0, 0.05) is 50.7 Å². The van der Waals surface area contributed by atoms with Gasteiger partial charge in [-0.2, -0.15) is 10.4 Å². The molecular formula is C28H32F3N5O3S. The number of nitrogens with zero attached hydrogens (tertiary/aromatic N) is 4. The van der Waals surface area contributed by atoms with Crippen molar-refractivity contribution in [3.8, 4) is 22.9 Å². The van der Waals surface area contributed by atoms with Gasteiger partial charge in [-0.15, -0.1) is 0 Å². The van der Waals surface area contributed by atoms with Crippen molar-refractivity contribution in [3.05, 3.63) is 66.7 Å². The Bertz CT molecular complexity index is 1440. The van der Waals surface area contributed by atoms with E-state index in [-0.39, 0.29) is 38.1 Å². The third-order valence-corrected chi connectivity index (χ3v) is 8.55. The minimum Gasteiger partial charge on any atom is -0.369 e. The Balaban J connectivity index is 0.000000264. The summed E-state index contributed by atoms with van der Waals surface area (Å²) in [5.74, 6) is -3.63. The molecule has 0 radical (unpaired) electrons. The fourth-order valence-electron chi connectivity index (χ4n) is 4.71. The van der Waals surface area contributed by atoms with Crippen LogP contribution in [0.25, 0.3) is 16.8 Å². The number of rotatable bonds is 5. The Hall–Kier alpha value is -3.85. The smallest absolute Gasteiger partial charge is 0.248 e. The maximum atomic E-state index is 13.0. The summed E-state index contributed by atoms with van der Waals surface area (Å²) in [5.41, 5.74) is 3.80. The molecule has 1 N–H and O–H groups in total. The van der Waals surface area contributed by atoms with Gasteiger partial charge in [-0.05, 0) is 54.8 Å². The Morgan fingerprint density at radius 3 is 2.35 bits per heavy atom. The van der Waals surface area contributed by atoms with Crippen LogP contribution in [0.1, 0.15) is 27.1 Å². The molecule has 1 saturated carbocycles. The average molecular weight is 576 g/mol. The molecule has 214 valence electrons. The second-order valence-electron chi connectivity index (χ2n) is 9.86. The summed E-state index contributed by atoms with van der Waals surface area (Å²) in [4.78, 5) is 13.3. The second kappa shape index (κ2) is 12.6. The number of amides is 1. The Morgan fingerprint density at radius 2 is 1.73 bits per heavy atom. The van der Waals surface area contributed by atoms with Gasteiger partial charge in [0.1, 0.15) is 12.4 Å². The summed E-state index contributed by atoms with van der Waals surface area (Å²) in [7, 11) is -2.88. The number of alkyl halides is 2. The van der Waals surface area contributed by atoms with Crippen LogP contribution in [0.2, 0.25) is 0 Å². The van der Waals surface area contributed by atoms with Gasteiger partial charge in [-0.25, -0.2) is 26.3 Å². The highest BCUT2D eigenvalue weighted by molar-refractivity contribution is 7.91. The van der Waals surface area contributed by atoms with E-state index in [2.05, 4.69) is 15.3 Å². The lowest BCUT2D eigenvalue weighted by atomic mass is 9.86. The van der Waals surface area contributed by atoms with E-state index < -0.39 is 27.6 Å². The van der Waals surface area contributed by atoms with E-state index >= 15 is 0 Å². The van der Waals surface area contributed by atoms with Crippen LogP contribution in [0, 0.1) is 23.1 Å². The predicted octanol–water partition coefficient (Wildman–Crippen LogP) is 4.61. The number of nitrogens with one attached hydrogen (secondary N) is 1. The van der Waals surface area contributed by atoms with Crippen LogP contribution in [0.5, 0.6) is 0 Å². The molecule has 5 rings (SSSR count). The number of carbonyl (C=O) groups is 1. The molecule has 8 nitrogen and oxygen atoms in total. The van der Waals surface area contributed by atoms with Crippen molar-refractivity contribution in [1.29, 1.82) is 5.26 Å². The van der Waals surface area contributed by atoms with Crippen molar-refractivity contribution in [2.75, 3.05) is 36.0 Å². The zero-order valence-electron chi connectivity index (χ0n) is 21.8. The van der Waals surface area contributed by atoms with Gasteiger partial charge in [0.2, 0.25) is 11.8 Å². The lowest BCUT2D eigenvalue weighted by Crippen LogP contribution is -2.40. The number of anilines is 1. The molecule has 0 unspecified atom stereocenters. The number of hydrogen-bond acceptors (Lipinski definition) is 6. The number of halogens is 3. The third-order valence-electron chi connectivity index (χ3n) is 6.94. The van der Waals surface area contributed by atoms with Crippen LogP contribution in [0.15, 0.2) is 60.9 Å². The molecule has 1 atom stereocenters. The molecule has 0 spiro atoms. The highest BCUT2D eigenvalue weighted by Crippen LogP contribution is 2.36. The van der Waals surface area contributed by atoms with Crippen molar-refractivity contribution in [1.82, 2.24) is 15.1 Å². The first-order valence-corrected chi connectivity index (χ1v) is 14.8. The fraction of sp³-hybridized carbons (Fsp3) is 0.393. The van der Waals surface area contributed by atoms with Gasteiger partial charge in [-0.1, -0.05) is 12.1 Å². The van der Waals surface area contributed by atoms with E-state index in [1.54, 1.807) is 29.1 Å². The molecule has 2 fully saturated rings. The molecule has 1 amide bonds. The normalized spacial score (nSPS) is 19.6. The summed E-state index contributed by atoms with van der Waals surface area (Å²) >= 11 is 0. The van der Waals surface area contributed by atoms with Gasteiger partial charge in [0.15, 0.2) is 9.84 Å². The van der Waals surface area contributed by atoms with Gasteiger partial charge < -0.3 is 10.2 Å². The number of hydrogen-bond donors (Lipinski definition) is 1. The maximum Gasteiger partial charge on any atom is 0.248 e. The molecule has 1 aliphatic heterocycles. The van der Waals surface area contributed by atoms with Gasteiger partial charge >= 0.3 is 0 Å². The maximum absolute atomic E-state index is 13.0. The van der Waals surface area contributed by atoms with Crippen molar-refractivity contribution < 1.29 is 27.8 Å².